The quantitative estimate of drug-likeness (QED) is 0.890. The zero-order valence-electron chi connectivity index (χ0n) is 13.9. The summed E-state index contributed by atoms with van der Waals surface area (Å²) in [5.41, 5.74) is 8.64. The van der Waals surface area contributed by atoms with Crippen LogP contribution in [0.3, 0.4) is 0 Å². The third-order valence-corrected chi connectivity index (χ3v) is 4.48. The predicted octanol–water partition coefficient (Wildman–Crippen LogP) is 3.54. The van der Waals surface area contributed by atoms with E-state index in [1.807, 2.05) is 0 Å². The average molecular weight is 325 g/mol. The van der Waals surface area contributed by atoms with E-state index in [-0.39, 0.29) is 29.8 Å². The Morgan fingerprint density at radius 2 is 1.86 bits per heavy atom. The zero-order chi connectivity index (χ0) is 15.5. The van der Waals surface area contributed by atoms with Crippen LogP contribution in [0, 0.1) is 5.92 Å². The van der Waals surface area contributed by atoms with E-state index >= 15 is 0 Å². The standard InChI is InChI=1S/C18H28N2O.ClH/c1-18(2,3)15-9-7-13(8-10-15)12-20-17(21)11-14-5-4-6-16(14)19;/h7-10,14,16H,4-6,11-12,19H2,1-3H3,(H,20,21);1H/t14-,16+;/m0./s1. The average Bonchev–Trinajstić information content (AvgIpc) is 2.81. The third kappa shape index (κ3) is 5.29. The summed E-state index contributed by atoms with van der Waals surface area (Å²) in [6.45, 7) is 7.21. The topological polar surface area (TPSA) is 55.1 Å². The van der Waals surface area contributed by atoms with Crippen LogP contribution in [0.4, 0.5) is 0 Å². The van der Waals surface area contributed by atoms with Gasteiger partial charge in [-0.05, 0) is 35.3 Å². The Balaban J connectivity index is 0.00000242. The van der Waals surface area contributed by atoms with Crippen LogP contribution >= 0.6 is 12.4 Å². The molecular weight excluding hydrogens is 296 g/mol. The number of amides is 1. The smallest absolute Gasteiger partial charge is 0.220 e. The van der Waals surface area contributed by atoms with Gasteiger partial charge in [-0.2, -0.15) is 0 Å². The molecule has 1 amide bonds. The molecule has 124 valence electrons. The molecule has 0 bridgehead atoms. The van der Waals surface area contributed by atoms with Crippen molar-refractivity contribution in [1.29, 1.82) is 0 Å². The first-order chi connectivity index (χ1) is 9.86. The predicted molar refractivity (Wildman–Crippen MR) is 94.2 cm³/mol. The maximum atomic E-state index is 12.0. The molecule has 0 aromatic heterocycles. The molecule has 1 aliphatic rings. The van der Waals surface area contributed by atoms with Crippen molar-refractivity contribution in [2.75, 3.05) is 0 Å². The van der Waals surface area contributed by atoms with Gasteiger partial charge in [-0.15, -0.1) is 12.4 Å². The summed E-state index contributed by atoms with van der Waals surface area (Å²) in [5, 5.41) is 3.01. The molecule has 0 heterocycles. The lowest BCUT2D eigenvalue weighted by Gasteiger charge is -2.19. The van der Waals surface area contributed by atoms with E-state index in [1.54, 1.807) is 0 Å². The molecular formula is C18H29ClN2O. The lowest BCUT2D eigenvalue weighted by molar-refractivity contribution is -0.122. The fourth-order valence-corrected chi connectivity index (χ4v) is 2.95. The molecule has 1 fully saturated rings. The molecule has 1 aliphatic carbocycles. The molecule has 22 heavy (non-hydrogen) atoms. The van der Waals surface area contributed by atoms with Crippen molar-refractivity contribution in [3.05, 3.63) is 35.4 Å². The highest BCUT2D eigenvalue weighted by Crippen LogP contribution is 2.26. The highest BCUT2D eigenvalue weighted by Gasteiger charge is 2.25. The summed E-state index contributed by atoms with van der Waals surface area (Å²) in [7, 11) is 0. The first-order valence-electron chi connectivity index (χ1n) is 7.98. The number of benzene rings is 1. The molecule has 4 heteroatoms. The van der Waals surface area contributed by atoms with Gasteiger partial charge in [0.15, 0.2) is 0 Å². The first-order valence-corrected chi connectivity index (χ1v) is 7.98. The van der Waals surface area contributed by atoms with Gasteiger partial charge in [0.2, 0.25) is 5.91 Å². The second-order valence-electron chi connectivity index (χ2n) is 7.28. The Kier molecular flexibility index (Phi) is 6.89. The highest BCUT2D eigenvalue weighted by molar-refractivity contribution is 5.85. The van der Waals surface area contributed by atoms with E-state index in [0.29, 0.717) is 18.9 Å². The van der Waals surface area contributed by atoms with Crippen LogP contribution in [0.2, 0.25) is 0 Å². The number of hydrogen-bond donors (Lipinski definition) is 2. The maximum Gasteiger partial charge on any atom is 0.220 e. The van der Waals surface area contributed by atoms with Gasteiger partial charge in [0.1, 0.15) is 0 Å². The minimum atomic E-state index is 0. The van der Waals surface area contributed by atoms with Crippen LogP contribution in [0.25, 0.3) is 0 Å². The van der Waals surface area contributed by atoms with Crippen LogP contribution < -0.4 is 11.1 Å². The normalized spacial score (nSPS) is 21.3. The molecule has 1 aromatic carbocycles. The monoisotopic (exact) mass is 324 g/mol. The van der Waals surface area contributed by atoms with Crippen molar-refractivity contribution in [3.63, 3.8) is 0 Å². The van der Waals surface area contributed by atoms with Gasteiger partial charge >= 0.3 is 0 Å². The molecule has 1 aromatic rings. The van der Waals surface area contributed by atoms with Crippen LogP contribution in [0.5, 0.6) is 0 Å². The number of halogens is 1. The maximum absolute atomic E-state index is 12.0. The summed E-state index contributed by atoms with van der Waals surface area (Å²) < 4.78 is 0. The van der Waals surface area contributed by atoms with Gasteiger partial charge < -0.3 is 11.1 Å². The molecule has 0 radical (unpaired) electrons. The molecule has 0 saturated heterocycles. The lowest BCUT2D eigenvalue weighted by atomic mass is 9.87. The van der Waals surface area contributed by atoms with Gasteiger partial charge in [0.25, 0.3) is 0 Å². The van der Waals surface area contributed by atoms with E-state index in [2.05, 4.69) is 50.4 Å². The minimum absolute atomic E-state index is 0. The molecule has 0 spiro atoms. The Labute approximate surface area is 140 Å². The molecule has 2 atom stereocenters. The third-order valence-electron chi connectivity index (χ3n) is 4.48. The fourth-order valence-electron chi connectivity index (χ4n) is 2.95. The zero-order valence-corrected chi connectivity index (χ0v) is 14.7. The van der Waals surface area contributed by atoms with E-state index in [0.717, 1.165) is 24.8 Å². The van der Waals surface area contributed by atoms with Crippen molar-refractivity contribution >= 4 is 18.3 Å². The van der Waals surface area contributed by atoms with Crippen molar-refractivity contribution in [1.82, 2.24) is 5.32 Å². The van der Waals surface area contributed by atoms with Crippen molar-refractivity contribution in [2.45, 2.75) is 64.5 Å². The molecule has 3 N–H and O–H groups in total. The summed E-state index contributed by atoms with van der Waals surface area (Å²) in [6.07, 6.45) is 3.88. The van der Waals surface area contributed by atoms with E-state index in [9.17, 15) is 4.79 Å². The Hall–Kier alpha value is -1.06. The molecule has 0 unspecified atom stereocenters. The molecule has 3 nitrogen and oxygen atoms in total. The highest BCUT2D eigenvalue weighted by atomic mass is 35.5. The van der Waals surface area contributed by atoms with Gasteiger partial charge in [-0.1, -0.05) is 51.5 Å². The number of rotatable bonds is 4. The Morgan fingerprint density at radius 1 is 1.23 bits per heavy atom. The van der Waals surface area contributed by atoms with E-state index < -0.39 is 0 Å². The van der Waals surface area contributed by atoms with Gasteiger partial charge in [0, 0.05) is 19.0 Å². The SMILES string of the molecule is CC(C)(C)c1ccc(CNC(=O)C[C@@H]2CCC[C@H]2N)cc1.Cl. The number of nitrogens with one attached hydrogen (secondary N) is 1. The lowest BCUT2D eigenvalue weighted by Crippen LogP contribution is -2.31. The van der Waals surface area contributed by atoms with E-state index in [1.165, 1.54) is 5.56 Å². The summed E-state index contributed by atoms with van der Waals surface area (Å²) in [6, 6.07) is 8.70. The van der Waals surface area contributed by atoms with Crippen LogP contribution in [0.15, 0.2) is 24.3 Å². The van der Waals surface area contributed by atoms with Gasteiger partial charge in [0.05, 0.1) is 0 Å². The van der Waals surface area contributed by atoms with Crippen molar-refractivity contribution < 1.29 is 4.79 Å². The summed E-state index contributed by atoms with van der Waals surface area (Å²) in [4.78, 5) is 12.0. The second-order valence-corrected chi connectivity index (χ2v) is 7.28. The van der Waals surface area contributed by atoms with Gasteiger partial charge in [-0.3, -0.25) is 4.79 Å². The van der Waals surface area contributed by atoms with Crippen LogP contribution in [-0.2, 0) is 16.8 Å². The minimum Gasteiger partial charge on any atom is -0.352 e. The van der Waals surface area contributed by atoms with Gasteiger partial charge in [-0.25, -0.2) is 0 Å². The van der Waals surface area contributed by atoms with Crippen LogP contribution in [-0.4, -0.2) is 11.9 Å². The Morgan fingerprint density at radius 3 is 2.36 bits per heavy atom. The summed E-state index contributed by atoms with van der Waals surface area (Å²) >= 11 is 0. The molecule has 0 aliphatic heterocycles. The fraction of sp³-hybridized carbons (Fsp3) is 0.611. The largest absolute Gasteiger partial charge is 0.352 e. The Bertz CT molecular complexity index is 479. The second kappa shape index (κ2) is 7.98. The molecule has 2 rings (SSSR count). The van der Waals surface area contributed by atoms with Crippen molar-refractivity contribution in [2.24, 2.45) is 11.7 Å². The number of carbonyl (C=O) groups excluding carboxylic acids is 1. The van der Waals surface area contributed by atoms with Crippen LogP contribution in [0.1, 0.15) is 57.6 Å². The number of nitrogens with two attached hydrogens (primary N) is 1. The summed E-state index contributed by atoms with van der Waals surface area (Å²) in [5.74, 6) is 0.491. The number of hydrogen-bond acceptors (Lipinski definition) is 2. The number of carbonyl (C=O) groups is 1. The van der Waals surface area contributed by atoms with E-state index in [4.69, 9.17) is 5.73 Å². The first kappa shape index (κ1) is 19.0. The van der Waals surface area contributed by atoms with Crippen molar-refractivity contribution in [3.8, 4) is 0 Å². The molecule has 1 saturated carbocycles.